The summed E-state index contributed by atoms with van der Waals surface area (Å²) in [4.78, 5) is 25.1. The van der Waals surface area contributed by atoms with Gasteiger partial charge in [-0.1, -0.05) is 6.92 Å². The summed E-state index contributed by atoms with van der Waals surface area (Å²) in [7, 11) is 0. The molecule has 2 aliphatic heterocycles. The number of rotatable bonds is 1. The number of nitrogens with zero attached hydrogens (tertiary/aromatic N) is 1. The van der Waals surface area contributed by atoms with Crippen LogP contribution in [0.1, 0.15) is 21.4 Å². The molecule has 1 N–H and O–H groups in total. The fraction of sp³-hybridized carbons (Fsp3) is 0.636. The van der Waals surface area contributed by atoms with E-state index in [-0.39, 0.29) is 24.3 Å². The number of H-pyrrole nitrogens is 1. The van der Waals surface area contributed by atoms with E-state index in [0.717, 1.165) is 5.75 Å². The van der Waals surface area contributed by atoms with Gasteiger partial charge in [0.25, 0.3) is 5.56 Å². The molecule has 0 aromatic carbocycles. The van der Waals surface area contributed by atoms with Crippen molar-refractivity contribution in [3.63, 3.8) is 0 Å². The molecule has 0 radical (unpaired) electrons. The highest BCUT2D eigenvalue weighted by Gasteiger charge is 2.56. The van der Waals surface area contributed by atoms with E-state index >= 15 is 0 Å². The Labute approximate surface area is 104 Å². The first kappa shape index (κ1) is 9.96. The molecule has 0 amide bonds. The first-order chi connectivity index (χ1) is 8.57. The van der Waals surface area contributed by atoms with Crippen molar-refractivity contribution in [2.24, 2.45) is 5.92 Å². The van der Waals surface area contributed by atoms with Crippen molar-refractivity contribution in [2.45, 2.75) is 30.9 Å². The highest BCUT2D eigenvalue weighted by Crippen LogP contribution is 2.54. The third-order valence-electron chi connectivity index (χ3n) is 3.60. The van der Waals surface area contributed by atoms with Gasteiger partial charge in [-0.2, -0.15) is 11.8 Å². The summed E-state index contributed by atoms with van der Waals surface area (Å²) in [6, 6.07) is 1.32. The zero-order chi connectivity index (χ0) is 12.9. The van der Waals surface area contributed by atoms with Gasteiger partial charge in [-0.05, 0) is 6.90 Å². The van der Waals surface area contributed by atoms with E-state index in [4.69, 9.17) is 6.11 Å². The summed E-state index contributed by atoms with van der Waals surface area (Å²) in [6.45, 7) is 2.27. The maximum atomic E-state index is 11.8. The van der Waals surface area contributed by atoms with Gasteiger partial charge in [-0.25, -0.2) is 4.79 Å². The summed E-state index contributed by atoms with van der Waals surface area (Å²) in [5.74, 6) is 1.04. The fourth-order valence-corrected chi connectivity index (χ4v) is 4.13. The second-order valence-corrected chi connectivity index (χ2v) is 5.82. The molecule has 5 nitrogen and oxygen atoms in total. The first-order valence-corrected chi connectivity index (χ1v) is 6.52. The monoisotopic (exact) mass is 255 g/mol. The Bertz CT molecular complexity index is 586. The molecule has 1 aromatic heterocycles. The average Bonchev–Trinajstić information content (AvgIpc) is 2.81. The van der Waals surface area contributed by atoms with Crippen LogP contribution in [0.15, 0.2) is 21.9 Å². The van der Waals surface area contributed by atoms with E-state index in [9.17, 15) is 9.59 Å². The van der Waals surface area contributed by atoms with Gasteiger partial charge in [0.05, 0.1) is 10.9 Å². The Balaban J connectivity index is 2.01. The van der Waals surface area contributed by atoms with Crippen LogP contribution in [0, 0.1) is 5.92 Å². The maximum absolute atomic E-state index is 11.8. The van der Waals surface area contributed by atoms with Gasteiger partial charge >= 0.3 is 5.69 Å². The Morgan fingerprint density at radius 1 is 1.71 bits per heavy atom. The van der Waals surface area contributed by atoms with Crippen LogP contribution in [-0.2, 0) is 4.74 Å². The molecule has 3 rings (SSSR count). The van der Waals surface area contributed by atoms with Crippen molar-refractivity contribution in [3.8, 4) is 0 Å². The number of hydrogen-bond donors (Lipinski definition) is 1. The Kier molecular flexibility index (Phi) is 2.05. The van der Waals surface area contributed by atoms with Gasteiger partial charge in [0.15, 0.2) is 6.23 Å². The van der Waals surface area contributed by atoms with Gasteiger partial charge in [0, 0.05) is 25.3 Å². The lowest BCUT2D eigenvalue weighted by molar-refractivity contribution is -0.0611. The molecule has 2 bridgehead atoms. The van der Waals surface area contributed by atoms with Crippen LogP contribution in [0.25, 0.3) is 0 Å². The zero-order valence-electron chi connectivity index (χ0n) is 10.4. The van der Waals surface area contributed by atoms with E-state index in [0.29, 0.717) is 0 Å². The van der Waals surface area contributed by atoms with Crippen LogP contribution in [0.5, 0.6) is 0 Å². The molecule has 2 fully saturated rings. The van der Waals surface area contributed by atoms with Crippen molar-refractivity contribution < 1.29 is 6.11 Å². The normalized spacial score (nSPS) is 40.5. The number of thioether (sulfide) groups is 1. The number of aromatic nitrogens is 2. The second kappa shape index (κ2) is 3.49. The smallest absolute Gasteiger partial charge is 0.330 e. The number of hydrogen-bond acceptors (Lipinski definition) is 4. The van der Waals surface area contributed by atoms with Gasteiger partial charge < -0.3 is 4.74 Å². The van der Waals surface area contributed by atoms with E-state index in [1.807, 2.05) is 0 Å². The fourth-order valence-electron chi connectivity index (χ4n) is 2.43. The molecule has 92 valence electrons. The molecule has 2 saturated heterocycles. The molecular weight excluding hydrogens is 240 g/mol. The molecule has 2 aliphatic rings. The summed E-state index contributed by atoms with van der Waals surface area (Å²) in [5, 5.41) is 0.166. The van der Waals surface area contributed by atoms with E-state index in [2.05, 4.69) is 11.9 Å². The summed E-state index contributed by atoms with van der Waals surface area (Å²) in [5.41, 5.74) is -1.31. The topological polar surface area (TPSA) is 64.1 Å². The summed E-state index contributed by atoms with van der Waals surface area (Å²) in [6.07, 6.45) is 1.09. The van der Waals surface area contributed by atoms with Gasteiger partial charge in [-0.15, -0.1) is 0 Å². The predicted molar refractivity (Wildman–Crippen MR) is 65.3 cm³/mol. The molecule has 4 atom stereocenters. The SMILES string of the molecule is [2H]C[C@@]12CS[C@@H]([C@H](n3ccc(=O)[nH]c3=O)O1)[C@@H]2C. The second-order valence-electron chi connectivity index (χ2n) is 4.65. The predicted octanol–water partition coefficient (Wildman–Crippen LogP) is 0.576. The Morgan fingerprint density at radius 3 is 3.18 bits per heavy atom. The molecule has 1 aromatic rings. The van der Waals surface area contributed by atoms with Crippen LogP contribution >= 0.6 is 11.8 Å². The van der Waals surface area contributed by atoms with E-state index in [1.165, 1.54) is 16.8 Å². The minimum Gasteiger partial charge on any atom is -0.349 e. The molecule has 17 heavy (non-hydrogen) atoms. The van der Waals surface area contributed by atoms with Crippen molar-refractivity contribution in [1.82, 2.24) is 9.55 Å². The van der Waals surface area contributed by atoms with Crippen molar-refractivity contribution >= 4 is 11.8 Å². The van der Waals surface area contributed by atoms with Crippen molar-refractivity contribution in [1.29, 1.82) is 0 Å². The molecule has 6 heteroatoms. The Morgan fingerprint density at radius 2 is 2.53 bits per heavy atom. The summed E-state index contributed by atoms with van der Waals surface area (Å²) < 4.78 is 15.0. The highest BCUT2D eigenvalue weighted by molar-refractivity contribution is 8.00. The molecule has 0 aliphatic carbocycles. The first-order valence-electron chi connectivity index (χ1n) is 6.18. The Hall–Kier alpha value is -1.01. The number of aromatic amines is 1. The van der Waals surface area contributed by atoms with Crippen molar-refractivity contribution in [3.05, 3.63) is 33.1 Å². The molecule has 0 spiro atoms. The van der Waals surface area contributed by atoms with Gasteiger partial charge in [-0.3, -0.25) is 14.3 Å². The van der Waals surface area contributed by atoms with Crippen LogP contribution < -0.4 is 11.2 Å². The minimum absolute atomic E-state index is 0.166. The minimum atomic E-state index is -0.451. The number of ether oxygens (including phenoxy) is 1. The average molecular weight is 255 g/mol. The van der Waals surface area contributed by atoms with Crippen molar-refractivity contribution in [2.75, 3.05) is 5.75 Å². The summed E-state index contributed by atoms with van der Waals surface area (Å²) >= 11 is 1.74. The quantitative estimate of drug-likeness (QED) is 0.797. The van der Waals surface area contributed by atoms with E-state index in [1.54, 1.807) is 11.8 Å². The van der Waals surface area contributed by atoms with Gasteiger partial charge in [0.2, 0.25) is 0 Å². The molecule has 0 unspecified atom stereocenters. The number of fused-ring (bicyclic) bond motifs is 2. The largest absolute Gasteiger partial charge is 0.349 e. The maximum Gasteiger partial charge on any atom is 0.330 e. The standard InChI is InChI=1S/C11H14N2O3S/c1-6-8-9(16-11(6,2)5-17-8)13-4-3-7(14)12-10(13)15/h3-4,6,8-9H,5H2,1-2H3,(H,12,14,15)/t6-,8+,9+,11-/m0/s1/i2D. The van der Waals surface area contributed by atoms with Crippen LogP contribution in [0.3, 0.4) is 0 Å². The third-order valence-corrected chi connectivity index (χ3v) is 5.29. The number of nitrogens with one attached hydrogen (secondary N) is 1. The van der Waals surface area contributed by atoms with E-state index < -0.39 is 16.9 Å². The van der Waals surface area contributed by atoms with Crippen LogP contribution in [0.2, 0.25) is 0 Å². The zero-order valence-corrected chi connectivity index (χ0v) is 10.2. The molecule has 3 heterocycles. The molecule has 0 saturated carbocycles. The lowest BCUT2D eigenvalue weighted by Gasteiger charge is -2.28. The third kappa shape index (κ3) is 1.51. The van der Waals surface area contributed by atoms with Crippen LogP contribution in [0.4, 0.5) is 0 Å². The lowest BCUT2D eigenvalue weighted by Crippen LogP contribution is -2.37. The highest BCUT2D eigenvalue weighted by atomic mass is 32.2. The van der Waals surface area contributed by atoms with Crippen LogP contribution in [-0.4, -0.2) is 26.2 Å². The molecular formula is C11H14N2O3S. The van der Waals surface area contributed by atoms with Gasteiger partial charge in [0.1, 0.15) is 0 Å². The lowest BCUT2D eigenvalue weighted by atomic mass is 9.93.